The molecule has 0 fully saturated rings. The fourth-order valence-corrected chi connectivity index (χ4v) is 2.07. The van der Waals surface area contributed by atoms with Crippen molar-refractivity contribution >= 4 is 17.6 Å². The summed E-state index contributed by atoms with van der Waals surface area (Å²) in [7, 11) is 0. The number of rotatable bonds is 2. The molecule has 0 saturated carbocycles. The molecule has 0 aliphatic carbocycles. The number of ether oxygens (including phenoxy) is 1. The van der Waals surface area contributed by atoms with Crippen molar-refractivity contribution in [2.24, 2.45) is 0 Å². The number of carbonyl (C=O) groups excluding carboxylic acids is 1. The highest BCUT2D eigenvalue weighted by atomic mass is 35.5. The second-order valence-electron chi connectivity index (χ2n) is 5.70. The van der Waals surface area contributed by atoms with Gasteiger partial charge < -0.3 is 4.74 Å². The minimum absolute atomic E-state index is 0.157. The van der Waals surface area contributed by atoms with Crippen LogP contribution in [0.1, 0.15) is 37.0 Å². The molecular formula is C15H17ClN2O3. The predicted octanol–water partition coefficient (Wildman–Crippen LogP) is 3.08. The van der Waals surface area contributed by atoms with Crippen molar-refractivity contribution in [1.29, 1.82) is 0 Å². The van der Waals surface area contributed by atoms with Crippen LogP contribution in [0.4, 0.5) is 0 Å². The van der Waals surface area contributed by atoms with Crippen molar-refractivity contribution in [2.75, 3.05) is 0 Å². The lowest BCUT2D eigenvalue weighted by molar-refractivity contribution is 0.00624. The Bertz CT molecular complexity index is 721. The van der Waals surface area contributed by atoms with Gasteiger partial charge in [0.25, 0.3) is 0 Å². The summed E-state index contributed by atoms with van der Waals surface area (Å²) >= 11 is 5.84. The molecule has 0 aliphatic heterocycles. The van der Waals surface area contributed by atoms with Crippen LogP contribution in [0.15, 0.2) is 29.1 Å². The molecule has 0 radical (unpaired) electrons. The van der Waals surface area contributed by atoms with Crippen molar-refractivity contribution in [3.05, 3.63) is 51.2 Å². The van der Waals surface area contributed by atoms with Crippen LogP contribution in [0.5, 0.6) is 0 Å². The topological polar surface area (TPSA) is 64.1 Å². The number of aromatic nitrogens is 2. The smallest absolute Gasteiger partial charge is 0.357 e. The number of hydrogen-bond acceptors (Lipinski definition) is 3. The molecule has 1 heterocycles. The van der Waals surface area contributed by atoms with Gasteiger partial charge in [-0.2, -0.15) is 0 Å². The van der Waals surface area contributed by atoms with Gasteiger partial charge in [-0.1, -0.05) is 11.6 Å². The largest absolute Gasteiger partial charge is 0.455 e. The monoisotopic (exact) mass is 308 g/mol. The number of nitrogens with zero attached hydrogens (tertiary/aromatic N) is 1. The number of carbonyl (C=O) groups is 1. The zero-order valence-electron chi connectivity index (χ0n) is 12.4. The summed E-state index contributed by atoms with van der Waals surface area (Å²) in [6.45, 7) is 7.00. The number of hydrogen-bond donors (Lipinski definition) is 1. The summed E-state index contributed by atoms with van der Waals surface area (Å²) in [6, 6.07) is 6.79. The Morgan fingerprint density at radius 1 is 1.24 bits per heavy atom. The normalized spacial score (nSPS) is 11.5. The Kier molecular flexibility index (Phi) is 3.96. The molecule has 1 N–H and O–H groups in total. The fraction of sp³-hybridized carbons (Fsp3) is 0.333. The Labute approximate surface area is 127 Å². The third-order valence-corrected chi connectivity index (χ3v) is 3.07. The number of H-pyrrole nitrogens is 1. The molecule has 2 aromatic rings. The molecular weight excluding hydrogens is 292 g/mol. The van der Waals surface area contributed by atoms with E-state index in [1.807, 2.05) is 0 Å². The predicted molar refractivity (Wildman–Crippen MR) is 81.3 cm³/mol. The average molecular weight is 309 g/mol. The zero-order chi connectivity index (χ0) is 15.8. The first-order valence-electron chi connectivity index (χ1n) is 6.50. The van der Waals surface area contributed by atoms with Gasteiger partial charge in [0.2, 0.25) is 0 Å². The van der Waals surface area contributed by atoms with Crippen molar-refractivity contribution in [3.63, 3.8) is 0 Å². The summed E-state index contributed by atoms with van der Waals surface area (Å²) in [4.78, 5) is 26.7. The van der Waals surface area contributed by atoms with Gasteiger partial charge in [-0.05, 0) is 52.0 Å². The summed E-state index contributed by atoms with van der Waals surface area (Å²) in [5, 5.41) is 0.576. The molecule has 0 amide bonds. The van der Waals surface area contributed by atoms with Crippen LogP contribution in [0.25, 0.3) is 5.69 Å². The zero-order valence-corrected chi connectivity index (χ0v) is 13.1. The highest BCUT2D eigenvalue weighted by molar-refractivity contribution is 6.30. The van der Waals surface area contributed by atoms with Crippen LogP contribution in [0.3, 0.4) is 0 Å². The molecule has 112 valence electrons. The van der Waals surface area contributed by atoms with E-state index < -0.39 is 17.3 Å². The number of aromatic amines is 1. The van der Waals surface area contributed by atoms with Gasteiger partial charge >= 0.3 is 11.7 Å². The number of halogens is 1. The van der Waals surface area contributed by atoms with Crippen LogP contribution >= 0.6 is 11.6 Å². The van der Waals surface area contributed by atoms with Crippen molar-refractivity contribution in [2.45, 2.75) is 33.3 Å². The Hall–Kier alpha value is -2.01. The highest BCUT2D eigenvalue weighted by Crippen LogP contribution is 2.17. The Morgan fingerprint density at radius 2 is 1.81 bits per heavy atom. The third-order valence-electron chi connectivity index (χ3n) is 2.82. The fourth-order valence-electron chi connectivity index (χ4n) is 1.95. The molecule has 6 heteroatoms. The maximum Gasteiger partial charge on any atom is 0.357 e. The van der Waals surface area contributed by atoms with Crippen LogP contribution in [-0.2, 0) is 4.74 Å². The first kappa shape index (κ1) is 15.4. The quantitative estimate of drug-likeness (QED) is 0.867. The van der Waals surface area contributed by atoms with Gasteiger partial charge in [0.1, 0.15) is 11.3 Å². The molecule has 5 nitrogen and oxygen atoms in total. The lowest BCUT2D eigenvalue weighted by atomic mass is 10.2. The number of esters is 1. The Morgan fingerprint density at radius 3 is 2.33 bits per heavy atom. The van der Waals surface area contributed by atoms with Crippen LogP contribution in [-0.4, -0.2) is 21.1 Å². The van der Waals surface area contributed by atoms with Gasteiger partial charge in [-0.15, -0.1) is 0 Å². The molecule has 0 spiro atoms. The summed E-state index contributed by atoms with van der Waals surface area (Å²) in [5.74, 6) is -0.551. The first-order valence-corrected chi connectivity index (χ1v) is 6.88. The third kappa shape index (κ3) is 3.36. The molecule has 0 aliphatic rings. The summed E-state index contributed by atoms with van der Waals surface area (Å²) in [5.41, 5.74) is 0.271. The highest BCUT2D eigenvalue weighted by Gasteiger charge is 2.23. The van der Waals surface area contributed by atoms with E-state index in [4.69, 9.17) is 16.3 Å². The average Bonchev–Trinajstić information content (AvgIpc) is 2.64. The van der Waals surface area contributed by atoms with E-state index in [1.165, 1.54) is 4.57 Å². The molecule has 0 unspecified atom stereocenters. The van der Waals surface area contributed by atoms with Gasteiger partial charge in [0.15, 0.2) is 0 Å². The van der Waals surface area contributed by atoms with E-state index in [0.717, 1.165) is 0 Å². The van der Waals surface area contributed by atoms with E-state index in [0.29, 0.717) is 16.4 Å². The SMILES string of the molecule is Cc1c(C(=O)OC(C)(C)C)[nH]c(=O)n1-c1ccc(Cl)cc1. The molecule has 1 aromatic carbocycles. The molecule has 2 rings (SSSR count). The van der Waals surface area contributed by atoms with Gasteiger partial charge in [-0.25, -0.2) is 9.59 Å². The molecule has 0 atom stereocenters. The van der Waals surface area contributed by atoms with E-state index >= 15 is 0 Å². The van der Waals surface area contributed by atoms with E-state index in [1.54, 1.807) is 52.0 Å². The van der Waals surface area contributed by atoms with Crippen LogP contribution in [0, 0.1) is 6.92 Å². The minimum Gasteiger partial charge on any atom is -0.455 e. The molecule has 0 bridgehead atoms. The Balaban J connectivity index is 2.45. The van der Waals surface area contributed by atoms with Gasteiger partial charge in [0, 0.05) is 5.02 Å². The van der Waals surface area contributed by atoms with Crippen molar-refractivity contribution in [3.8, 4) is 5.69 Å². The minimum atomic E-state index is -0.622. The van der Waals surface area contributed by atoms with Gasteiger partial charge in [0.05, 0.1) is 11.4 Å². The van der Waals surface area contributed by atoms with E-state index in [9.17, 15) is 9.59 Å². The first-order chi connectivity index (χ1) is 9.69. The number of benzene rings is 1. The van der Waals surface area contributed by atoms with Gasteiger partial charge in [-0.3, -0.25) is 9.55 Å². The lowest BCUT2D eigenvalue weighted by Gasteiger charge is -2.19. The number of imidazole rings is 1. The maximum absolute atomic E-state index is 12.1. The molecule has 0 saturated heterocycles. The maximum atomic E-state index is 12.1. The van der Waals surface area contributed by atoms with E-state index in [2.05, 4.69) is 4.98 Å². The number of nitrogens with one attached hydrogen (secondary N) is 1. The van der Waals surface area contributed by atoms with Crippen molar-refractivity contribution < 1.29 is 9.53 Å². The van der Waals surface area contributed by atoms with E-state index in [-0.39, 0.29) is 5.69 Å². The second kappa shape index (κ2) is 5.41. The lowest BCUT2D eigenvalue weighted by Crippen LogP contribution is -2.24. The molecule has 21 heavy (non-hydrogen) atoms. The second-order valence-corrected chi connectivity index (χ2v) is 6.14. The van der Waals surface area contributed by atoms with Crippen LogP contribution in [0.2, 0.25) is 5.02 Å². The summed E-state index contributed by atoms with van der Waals surface area (Å²) in [6.07, 6.45) is 0. The van der Waals surface area contributed by atoms with Crippen LogP contribution < -0.4 is 5.69 Å². The standard InChI is InChI=1S/C15H17ClN2O3/c1-9-12(13(19)21-15(2,3)4)17-14(20)18(9)11-7-5-10(16)6-8-11/h5-8H,1-4H3,(H,17,20). The molecule has 1 aromatic heterocycles. The van der Waals surface area contributed by atoms with Crippen molar-refractivity contribution in [1.82, 2.24) is 9.55 Å². The summed E-state index contributed by atoms with van der Waals surface area (Å²) < 4.78 is 6.70.